The maximum atomic E-state index is 6.04. The van der Waals surface area contributed by atoms with E-state index in [4.69, 9.17) is 14.4 Å². The van der Waals surface area contributed by atoms with Crippen LogP contribution in [0.5, 0.6) is 0 Å². The summed E-state index contributed by atoms with van der Waals surface area (Å²) in [6.07, 6.45) is 1.81. The van der Waals surface area contributed by atoms with E-state index in [2.05, 4.69) is 127 Å². The van der Waals surface area contributed by atoms with E-state index in [-0.39, 0.29) is 0 Å². The molecule has 8 aromatic rings. The molecule has 3 heterocycles. The fourth-order valence-corrected chi connectivity index (χ4v) is 8.94. The standard InChI is InChI=1S/C43H26N2OS/c1-3-12-27(13-4-1)35-26-36(45-42(44-35)28-14-5-2-6-15-28)29-16-11-19-33-40(29)41-30-24-25-46-37(30)23-22-34(41)43(33)31-17-7-9-20-38(31)47-39-21-10-8-18-32(39)43/h1-26H. The van der Waals surface area contributed by atoms with Gasteiger partial charge >= 0.3 is 0 Å². The first-order valence-corrected chi connectivity index (χ1v) is 16.6. The van der Waals surface area contributed by atoms with Crippen LogP contribution in [0.3, 0.4) is 0 Å². The van der Waals surface area contributed by atoms with Gasteiger partial charge in [-0.05, 0) is 63.7 Å². The van der Waals surface area contributed by atoms with Gasteiger partial charge in [-0.15, -0.1) is 0 Å². The molecule has 3 nitrogen and oxygen atoms in total. The molecule has 0 atom stereocenters. The number of benzene rings is 6. The lowest BCUT2D eigenvalue weighted by Gasteiger charge is -2.39. The van der Waals surface area contributed by atoms with Crippen molar-refractivity contribution < 1.29 is 4.42 Å². The topological polar surface area (TPSA) is 38.9 Å². The summed E-state index contributed by atoms with van der Waals surface area (Å²) >= 11 is 1.86. The third-order valence-electron chi connectivity index (χ3n) is 9.66. The Morgan fingerprint density at radius 1 is 0.489 bits per heavy atom. The summed E-state index contributed by atoms with van der Waals surface area (Å²) < 4.78 is 6.04. The van der Waals surface area contributed by atoms with Gasteiger partial charge in [0.05, 0.1) is 23.1 Å². The van der Waals surface area contributed by atoms with Crippen molar-refractivity contribution in [2.24, 2.45) is 0 Å². The molecular weight excluding hydrogens is 593 g/mol. The van der Waals surface area contributed by atoms with Gasteiger partial charge < -0.3 is 4.42 Å². The molecule has 2 aromatic heterocycles. The third-order valence-corrected chi connectivity index (χ3v) is 10.8. The highest BCUT2D eigenvalue weighted by Crippen LogP contribution is 2.64. The molecule has 0 bridgehead atoms. The maximum absolute atomic E-state index is 6.04. The number of nitrogens with zero attached hydrogens (tertiary/aromatic N) is 2. The van der Waals surface area contributed by atoms with Gasteiger partial charge in [-0.2, -0.15) is 0 Å². The van der Waals surface area contributed by atoms with Gasteiger partial charge in [0.15, 0.2) is 5.82 Å². The number of aromatic nitrogens is 2. The smallest absolute Gasteiger partial charge is 0.160 e. The van der Waals surface area contributed by atoms with Crippen LogP contribution in [-0.4, -0.2) is 9.97 Å². The Kier molecular flexibility index (Phi) is 5.72. The van der Waals surface area contributed by atoms with Crippen LogP contribution in [-0.2, 0) is 5.41 Å². The molecule has 220 valence electrons. The first-order chi connectivity index (χ1) is 23.3. The Hall–Kier alpha value is -5.71. The second-order valence-corrected chi connectivity index (χ2v) is 13.2. The van der Waals surface area contributed by atoms with E-state index in [1.165, 1.54) is 43.2 Å². The van der Waals surface area contributed by atoms with Crippen LogP contribution >= 0.6 is 11.8 Å². The molecule has 0 amide bonds. The second-order valence-electron chi connectivity index (χ2n) is 12.1. The zero-order chi connectivity index (χ0) is 31.0. The quantitative estimate of drug-likeness (QED) is 0.197. The van der Waals surface area contributed by atoms with Gasteiger partial charge in [-0.1, -0.05) is 133 Å². The Balaban J connectivity index is 1.34. The summed E-state index contributed by atoms with van der Waals surface area (Å²) in [5, 5.41) is 1.11. The van der Waals surface area contributed by atoms with Gasteiger partial charge in [0.2, 0.25) is 0 Å². The molecule has 0 fully saturated rings. The van der Waals surface area contributed by atoms with Crippen molar-refractivity contribution in [1.29, 1.82) is 0 Å². The summed E-state index contributed by atoms with van der Waals surface area (Å²) in [7, 11) is 0. The molecule has 0 radical (unpaired) electrons. The third kappa shape index (κ3) is 3.76. The average Bonchev–Trinajstić information content (AvgIpc) is 3.74. The van der Waals surface area contributed by atoms with Crippen LogP contribution in [0.4, 0.5) is 0 Å². The van der Waals surface area contributed by atoms with Crippen molar-refractivity contribution in [3.63, 3.8) is 0 Å². The summed E-state index contributed by atoms with van der Waals surface area (Å²) in [5.41, 5.74) is 12.9. The average molecular weight is 619 g/mol. The fourth-order valence-electron chi connectivity index (χ4n) is 7.75. The lowest BCUT2D eigenvalue weighted by atomic mass is 9.67. The van der Waals surface area contributed by atoms with Gasteiger partial charge in [-0.25, -0.2) is 9.97 Å². The molecular formula is C43H26N2OS. The van der Waals surface area contributed by atoms with Crippen molar-refractivity contribution in [1.82, 2.24) is 9.97 Å². The van der Waals surface area contributed by atoms with Crippen molar-refractivity contribution in [2.75, 3.05) is 0 Å². The minimum absolute atomic E-state index is 0.498. The molecule has 1 aliphatic heterocycles. The molecule has 0 N–H and O–H groups in total. The predicted molar refractivity (Wildman–Crippen MR) is 190 cm³/mol. The van der Waals surface area contributed by atoms with Crippen LogP contribution < -0.4 is 0 Å². The first-order valence-electron chi connectivity index (χ1n) is 15.8. The second kappa shape index (κ2) is 10.1. The number of furan rings is 1. The predicted octanol–water partition coefficient (Wildman–Crippen LogP) is 11.1. The zero-order valence-corrected chi connectivity index (χ0v) is 26.0. The van der Waals surface area contributed by atoms with E-state index in [0.717, 1.165) is 39.0 Å². The summed E-state index contributed by atoms with van der Waals surface area (Å²) in [4.78, 5) is 13.0. The van der Waals surface area contributed by atoms with E-state index >= 15 is 0 Å². The van der Waals surface area contributed by atoms with Crippen LogP contribution in [0.15, 0.2) is 172 Å². The summed E-state index contributed by atoms with van der Waals surface area (Å²) in [6.45, 7) is 0. The van der Waals surface area contributed by atoms with Crippen LogP contribution in [0.2, 0.25) is 0 Å². The molecule has 4 heteroatoms. The molecule has 0 saturated heterocycles. The highest BCUT2D eigenvalue weighted by Gasteiger charge is 2.51. The first kappa shape index (κ1) is 26.5. The van der Waals surface area contributed by atoms with E-state index in [1.54, 1.807) is 0 Å². The minimum Gasteiger partial charge on any atom is -0.464 e. The maximum Gasteiger partial charge on any atom is 0.160 e. The van der Waals surface area contributed by atoms with Gasteiger partial charge in [0.1, 0.15) is 5.58 Å². The summed E-state index contributed by atoms with van der Waals surface area (Å²) in [5.74, 6) is 0.707. The Morgan fingerprint density at radius 3 is 1.85 bits per heavy atom. The molecule has 47 heavy (non-hydrogen) atoms. The number of rotatable bonds is 3. The number of fused-ring (bicyclic) bond motifs is 11. The van der Waals surface area contributed by atoms with Crippen molar-refractivity contribution in [3.05, 3.63) is 180 Å². The molecule has 2 aliphatic rings. The minimum atomic E-state index is -0.498. The van der Waals surface area contributed by atoms with Crippen molar-refractivity contribution in [2.45, 2.75) is 15.2 Å². The van der Waals surface area contributed by atoms with Crippen LogP contribution in [0.25, 0.3) is 56.0 Å². The Labute approximate surface area is 276 Å². The monoisotopic (exact) mass is 618 g/mol. The van der Waals surface area contributed by atoms with Gasteiger partial charge in [-0.3, -0.25) is 0 Å². The number of hydrogen-bond acceptors (Lipinski definition) is 4. The molecule has 10 rings (SSSR count). The normalized spacial score (nSPS) is 13.6. The van der Waals surface area contributed by atoms with Crippen LogP contribution in [0, 0.1) is 0 Å². The lowest BCUT2D eigenvalue weighted by molar-refractivity contribution is 0.615. The zero-order valence-electron chi connectivity index (χ0n) is 25.2. The molecule has 6 aromatic carbocycles. The lowest BCUT2D eigenvalue weighted by Crippen LogP contribution is -2.31. The molecule has 0 saturated carbocycles. The fraction of sp³-hybridized carbons (Fsp3) is 0.0233. The largest absolute Gasteiger partial charge is 0.464 e. The SMILES string of the molecule is c1ccc(-c2cc(-c3cccc4c3-c3c(ccc5occc35)C43c4ccccc4Sc4ccccc43)nc(-c3ccccc3)n2)cc1. The van der Waals surface area contributed by atoms with Crippen molar-refractivity contribution >= 4 is 22.7 Å². The van der Waals surface area contributed by atoms with E-state index in [1.807, 2.05) is 42.3 Å². The molecule has 0 unspecified atom stereocenters. The highest BCUT2D eigenvalue weighted by atomic mass is 32.2. The highest BCUT2D eigenvalue weighted by molar-refractivity contribution is 7.99. The van der Waals surface area contributed by atoms with Crippen LogP contribution in [0.1, 0.15) is 22.3 Å². The van der Waals surface area contributed by atoms with Gasteiger partial charge in [0, 0.05) is 31.9 Å². The van der Waals surface area contributed by atoms with Crippen molar-refractivity contribution in [3.8, 4) is 45.0 Å². The van der Waals surface area contributed by atoms with E-state index < -0.39 is 5.41 Å². The van der Waals surface area contributed by atoms with E-state index in [9.17, 15) is 0 Å². The van der Waals surface area contributed by atoms with E-state index in [0.29, 0.717) is 5.82 Å². The molecule has 1 aliphatic carbocycles. The summed E-state index contributed by atoms with van der Waals surface area (Å²) in [6, 6.07) is 53.9. The molecule has 1 spiro atoms. The Morgan fingerprint density at radius 2 is 1.11 bits per heavy atom. The van der Waals surface area contributed by atoms with Gasteiger partial charge in [0.25, 0.3) is 0 Å². The Bertz CT molecular complexity index is 2400. The number of hydrogen-bond donors (Lipinski definition) is 0.